The number of hydrogen-bond donors (Lipinski definition) is 0. The molecule has 0 spiro atoms. The number of carbonyl (C=O) groups is 1. The number of nitrogens with zero attached hydrogens (tertiary/aromatic N) is 2. The van der Waals surface area contributed by atoms with Crippen molar-refractivity contribution in [3.8, 4) is 0 Å². The van der Waals surface area contributed by atoms with Gasteiger partial charge in [0.05, 0.1) is 0 Å². The van der Waals surface area contributed by atoms with Crippen LogP contribution in [0.4, 0.5) is 13.2 Å². The van der Waals surface area contributed by atoms with Gasteiger partial charge in [-0.25, -0.2) is 0 Å². The molecule has 1 heterocycles. The molecular formula is C17H18ClF3N2OS. The Balaban J connectivity index is 0.00000312. The molecule has 3 nitrogen and oxygen atoms in total. The highest BCUT2D eigenvalue weighted by atomic mass is 35.5. The largest absolute Gasteiger partial charge is 0.471 e. The SMILES string of the molecule is Cl.O=C(N(CCCSc1ccncc1)Cc1ccccc1)C(F)(F)F. The fourth-order valence-electron chi connectivity index (χ4n) is 2.12. The lowest BCUT2D eigenvalue weighted by Crippen LogP contribution is -2.41. The molecule has 2 rings (SSSR count). The Bertz CT molecular complexity index is 641. The Labute approximate surface area is 155 Å². The molecule has 8 heteroatoms. The predicted octanol–water partition coefficient (Wildman–Crippen LogP) is 4.58. The molecule has 0 fully saturated rings. The Morgan fingerprint density at radius 3 is 2.32 bits per heavy atom. The third kappa shape index (κ3) is 7.36. The summed E-state index contributed by atoms with van der Waals surface area (Å²) < 4.78 is 38.3. The quantitative estimate of drug-likeness (QED) is 0.512. The van der Waals surface area contributed by atoms with Crippen molar-refractivity contribution in [2.45, 2.75) is 24.0 Å². The van der Waals surface area contributed by atoms with Gasteiger partial charge in [-0.2, -0.15) is 13.2 Å². The Morgan fingerprint density at radius 1 is 1.08 bits per heavy atom. The van der Waals surface area contributed by atoms with Gasteiger partial charge in [-0.15, -0.1) is 24.2 Å². The molecule has 0 unspecified atom stereocenters. The van der Waals surface area contributed by atoms with Gasteiger partial charge in [0, 0.05) is 30.4 Å². The summed E-state index contributed by atoms with van der Waals surface area (Å²) in [5.41, 5.74) is 0.678. The second kappa shape index (κ2) is 10.3. The molecule has 0 saturated heterocycles. The van der Waals surface area contributed by atoms with Crippen LogP contribution >= 0.6 is 24.2 Å². The third-order valence-electron chi connectivity index (χ3n) is 3.24. The van der Waals surface area contributed by atoms with Crippen LogP contribution < -0.4 is 0 Å². The summed E-state index contributed by atoms with van der Waals surface area (Å²) in [6.45, 7) is 0.0183. The number of benzene rings is 1. The molecule has 1 aromatic heterocycles. The molecule has 0 saturated carbocycles. The second-order valence-electron chi connectivity index (χ2n) is 5.09. The molecule has 0 atom stereocenters. The summed E-state index contributed by atoms with van der Waals surface area (Å²) in [5.74, 6) is -1.17. The van der Waals surface area contributed by atoms with E-state index in [1.165, 1.54) is 11.8 Å². The van der Waals surface area contributed by atoms with E-state index in [4.69, 9.17) is 0 Å². The van der Waals surface area contributed by atoms with E-state index in [0.717, 1.165) is 9.80 Å². The molecule has 0 bridgehead atoms. The first kappa shape index (κ1) is 21.3. The number of alkyl halides is 3. The minimum Gasteiger partial charge on any atom is -0.331 e. The summed E-state index contributed by atoms with van der Waals surface area (Å²) in [6, 6.07) is 12.4. The van der Waals surface area contributed by atoms with E-state index < -0.39 is 12.1 Å². The molecule has 0 aliphatic carbocycles. The van der Waals surface area contributed by atoms with E-state index in [-0.39, 0.29) is 25.5 Å². The van der Waals surface area contributed by atoms with Crippen molar-refractivity contribution in [3.63, 3.8) is 0 Å². The van der Waals surface area contributed by atoms with Gasteiger partial charge < -0.3 is 4.90 Å². The van der Waals surface area contributed by atoms with Gasteiger partial charge in [0.1, 0.15) is 0 Å². The van der Waals surface area contributed by atoms with Crippen LogP contribution in [0.25, 0.3) is 0 Å². The van der Waals surface area contributed by atoms with Gasteiger partial charge in [0.15, 0.2) is 0 Å². The monoisotopic (exact) mass is 390 g/mol. The zero-order valence-corrected chi connectivity index (χ0v) is 14.9. The zero-order chi connectivity index (χ0) is 17.4. The summed E-state index contributed by atoms with van der Waals surface area (Å²) >= 11 is 1.53. The summed E-state index contributed by atoms with van der Waals surface area (Å²) in [4.78, 5) is 17.4. The van der Waals surface area contributed by atoms with Gasteiger partial charge in [-0.05, 0) is 29.9 Å². The molecule has 1 amide bonds. The smallest absolute Gasteiger partial charge is 0.331 e. The van der Waals surface area contributed by atoms with Crippen LogP contribution in [0.15, 0.2) is 59.8 Å². The van der Waals surface area contributed by atoms with Crippen LogP contribution in [0.3, 0.4) is 0 Å². The molecular weight excluding hydrogens is 373 g/mol. The minimum absolute atomic E-state index is 0. The summed E-state index contributed by atoms with van der Waals surface area (Å²) in [6.07, 6.45) is -1.05. The standard InChI is InChI=1S/C17H17F3N2OS.ClH/c18-17(19,20)16(23)22(13-14-5-2-1-3-6-14)11-4-12-24-15-7-9-21-10-8-15;/h1-3,5-10H,4,11-13H2;1H. The molecule has 2 aromatic rings. The maximum atomic E-state index is 12.8. The van der Waals surface area contributed by atoms with Crippen LogP contribution in [-0.2, 0) is 11.3 Å². The first-order chi connectivity index (χ1) is 11.5. The van der Waals surface area contributed by atoms with Gasteiger partial charge in [-0.3, -0.25) is 9.78 Å². The van der Waals surface area contributed by atoms with E-state index >= 15 is 0 Å². The highest BCUT2D eigenvalue weighted by molar-refractivity contribution is 7.99. The zero-order valence-electron chi connectivity index (χ0n) is 13.3. The second-order valence-corrected chi connectivity index (χ2v) is 6.26. The van der Waals surface area contributed by atoms with Crippen molar-refractivity contribution < 1.29 is 18.0 Å². The fraction of sp³-hybridized carbons (Fsp3) is 0.294. The third-order valence-corrected chi connectivity index (χ3v) is 4.34. The summed E-state index contributed by atoms with van der Waals surface area (Å²) in [5, 5.41) is 0. The van der Waals surface area contributed by atoms with Crippen molar-refractivity contribution in [1.82, 2.24) is 9.88 Å². The molecule has 136 valence electrons. The first-order valence-corrected chi connectivity index (χ1v) is 8.38. The summed E-state index contributed by atoms with van der Waals surface area (Å²) in [7, 11) is 0. The van der Waals surface area contributed by atoms with Crippen molar-refractivity contribution in [2.75, 3.05) is 12.3 Å². The lowest BCUT2D eigenvalue weighted by atomic mass is 10.2. The van der Waals surface area contributed by atoms with Crippen molar-refractivity contribution in [3.05, 3.63) is 60.4 Å². The number of rotatable bonds is 7. The Kier molecular flexibility index (Phi) is 8.78. The number of aromatic nitrogens is 1. The number of pyridine rings is 1. The lowest BCUT2D eigenvalue weighted by Gasteiger charge is -2.23. The molecule has 25 heavy (non-hydrogen) atoms. The van der Waals surface area contributed by atoms with E-state index in [9.17, 15) is 18.0 Å². The first-order valence-electron chi connectivity index (χ1n) is 7.39. The number of hydrogen-bond acceptors (Lipinski definition) is 3. The molecule has 0 aliphatic heterocycles. The highest BCUT2D eigenvalue weighted by Gasteiger charge is 2.42. The van der Waals surface area contributed by atoms with Gasteiger partial charge >= 0.3 is 12.1 Å². The average molecular weight is 391 g/mol. The number of carbonyl (C=O) groups excluding carboxylic acids is 1. The van der Waals surface area contributed by atoms with Crippen molar-refractivity contribution >= 4 is 30.1 Å². The van der Waals surface area contributed by atoms with Crippen LogP contribution in [0.2, 0.25) is 0 Å². The topological polar surface area (TPSA) is 33.2 Å². The molecule has 0 aliphatic rings. The van der Waals surface area contributed by atoms with E-state index in [1.54, 1.807) is 42.7 Å². The van der Waals surface area contributed by atoms with Gasteiger partial charge in [0.2, 0.25) is 0 Å². The number of thioether (sulfide) groups is 1. The fourth-order valence-corrected chi connectivity index (χ4v) is 2.94. The van der Waals surface area contributed by atoms with Crippen LogP contribution in [0.5, 0.6) is 0 Å². The van der Waals surface area contributed by atoms with E-state index in [0.29, 0.717) is 17.7 Å². The number of amides is 1. The Hall–Kier alpha value is -1.73. The molecule has 0 N–H and O–H groups in total. The van der Waals surface area contributed by atoms with E-state index in [2.05, 4.69) is 4.98 Å². The van der Waals surface area contributed by atoms with Crippen molar-refractivity contribution in [1.29, 1.82) is 0 Å². The molecule has 1 aromatic carbocycles. The van der Waals surface area contributed by atoms with Crippen LogP contribution in [0.1, 0.15) is 12.0 Å². The van der Waals surface area contributed by atoms with E-state index in [1.807, 2.05) is 12.1 Å². The highest BCUT2D eigenvalue weighted by Crippen LogP contribution is 2.22. The normalized spacial score (nSPS) is 10.8. The van der Waals surface area contributed by atoms with Crippen molar-refractivity contribution in [2.24, 2.45) is 0 Å². The maximum absolute atomic E-state index is 12.8. The van der Waals surface area contributed by atoms with Gasteiger partial charge in [0.25, 0.3) is 0 Å². The Morgan fingerprint density at radius 2 is 1.72 bits per heavy atom. The average Bonchev–Trinajstić information content (AvgIpc) is 2.58. The predicted molar refractivity (Wildman–Crippen MR) is 94.7 cm³/mol. The lowest BCUT2D eigenvalue weighted by molar-refractivity contribution is -0.186. The molecule has 0 radical (unpaired) electrons. The minimum atomic E-state index is -4.85. The maximum Gasteiger partial charge on any atom is 0.471 e. The van der Waals surface area contributed by atoms with Crippen LogP contribution in [0, 0.1) is 0 Å². The number of halogens is 4. The van der Waals surface area contributed by atoms with Gasteiger partial charge in [-0.1, -0.05) is 30.3 Å². The van der Waals surface area contributed by atoms with Crippen LogP contribution in [-0.4, -0.2) is 34.3 Å².